The molecule has 2 N–H and O–H groups in total. The third-order valence-electron chi connectivity index (χ3n) is 1.91. The first-order valence-electron chi connectivity index (χ1n) is 5.18. The molecule has 19 heavy (non-hydrogen) atoms. The molecule has 0 unspecified atom stereocenters. The fourth-order valence-corrected chi connectivity index (χ4v) is 2.73. The number of hydrogen-bond donors (Lipinski definition) is 2. The van der Waals surface area contributed by atoms with Gasteiger partial charge in [0.1, 0.15) is 5.76 Å². The minimum absolute atomic E-state index is 0.285. The normalized spacial score (nSPS) is 12.8. The Labute approximate surface area is 113 Å². The van der Waals surface area contributed by atoms with Crippen molar-refractivity contribution in [2.24, 2.45) is 0 Å². The topological polar surface area (TPSA) is 71.3 Å². The predicted molar refractivity (Wildman–Crippen MR) is 65.2 cm³/mol. The molecule has 1 aromatic rings. The van der Waals surface area contributed by atoms with Crippen LogP contribution in [0.3, 0.4) is 0 Å². The molecule has 0 saturated carbocycles. The van der Waals surface area contributed by atoms with Crippen molar-refractivity contribution in [1.82, 2.24) is 10.0 Å². The van der Waals surface area contributed by atoms with Gasteiger partial charge in [-0.25, -0.2) is 13.1 Å². The Balaban J connectivity index is 2.51. The van der Waals surface area contributed by atoms with Crippen molar-refractivity contribution in [3.05, 3.63) is 17.9 Å². The van der Waals surface area contributed by atoms with Crippen molar-refractivity contribution in [2.75, 3.05) is 19.3 Å². The van der Waals surface area contributed by atoms with Crippen LogP contribution in [0.15, 0.2) is 21.6 Å². The van der Waals surface area contributed by atoms with Crippen LogP contribution in [-0.4, -0.2) is 33.3 Å². The van der Waals surface area contributed by atoms with Crippen LogP contribution >= 0.6 is 11.8 Å². The molecule has 0 aromatic carbocycles. The van der Waals surface area contributed by atoms with Gasteiger partial charge in [0.15, 0.2) is 0 Å². The van der Waals surface area contributed by atoms with E-state index in [2.05, 4.69) is 5.32 Å². The summed E-state index contributed by atoms with van der Waals surface area (Å²) in [5, 5.41) is 2.47. The van der Waals surface area contributed by atoms with E-state index in [0.29, 0.717) is 12.3 Å². The van der Waals surface area contributed by atoms with Crippen LogP contribution in [0.2, 0.25) is 0 Å². The molecule has 110 valence electrons. The average Bonchev–Trinajstić information content (AvgIpc) is 2.73. The average molecular weight is 318 g/mol. The Kier molecular flexibility index (Phi) is 5.71. The van der Waals surface area contributed by atoms with E-state index in [1.165, 1.54) is 12.1 Å². The third kappa shape index (κ3) is 5.85. The molecule has 5 nitrogen and oxygen atoms in total. The summed E-state index contributed by atoms with van der Waals surface area (Å²) in [7, 11) is -2.23. The number of alkyl halides is 3. The van der Waals surface area contributed by atoms with E-state index in [0.717, 1.165) is 0 Å². The van der Waals surface area contributed by atoms with Gasteiger partial charge in [-0.3, -0.25) is 0 Å². The Hall–Kier alpha value is -0.710. The van der Waals surface area contributed by atoms with Crippen molar-refractivity contribution < 1.29 is 26.0 Å². The molecule has 1 rings (SSSR count). The van der Waals surface area contributed by atoms with Gasteiger partial charge in [-0.05, 0) is 30.9 Å². The van der Waals surface area contributed by atoms with Gasteiger partial charge in [-0.2, -0.15) is 13.2 Å². The molecule has 1 aromatic heterocycles. The van der Waals surface area contributed by atoms with E-state index in [9.17, 15) is 21.6 Å². The predicted octanol–water partition coefficient (Wildman–Crippen LogP) is 1.53. The zero-order valence-corrected chi connectivity index (χ0v) is 11.6. The molecule has 0 atom stereocenters. The summed E-state index contributed by atoms with van der Waals surface area (Å²) >= 11 is -0.285. The summed E-state index contributed by atoms with van der Waals surface area (Å²) in [5.41, 5.74) is -4.36. The van der Waals surface area contributed by atoms with Crippen molar-refractivity contribution in [3.63, 3.8) is 0 Å². The van der Waals surface area contributed by atoms with E-state index in [-0.39, 0.29) is 23.4 Å². The molecule has 0 aliphatic rings. The van der Waals surface area contributed by atoms with Crippen molar-refractivity contribution >= 4 is 21.8 Å². The second-order valence-electron chi connectivity index (χ2n) is 3.44. The Bertz CT molecular complexity index is 499. The van der Waals surface area contributed by atoms with Crippen LogP contribution in [0.1, 0.15) is 5.76 Å². The molecule has 0 aliphatic carbocycles. The summed E-state index contributed by atoms with van der Waals surface area (Å²) in [4.78, 5) is 0. The first kappa shape index (κ1) is 16.3. The van der Waals surface area contributed by atoms with Gasteiger partial charge in [0.25, 0.3) is 10.0 Å². The van der Waals surface area contributed by atoms with Crippen molar-refractivity contribution in [2.45, 2.75) is 17.1 Å². The van der Waals surface area contributed by atoms with Gasteiger partial charge in [0.05, 0.1) is 6.54 Å². The van der Waals surface area contributed by atoms with E-state index in [1.54, 1.807) is 7.05 Å². The lowest BCUT2D eigenvalue weighted by atomic mass is 10.4. The molecule has 0 bridgehead atoms. The minimum atomic E-state index is -4.36. The SMILES string of the molecule is CNCc1ccc(S(=O)(=O)NCCSC(F)(F)F)o1. The van der Waals surface area contributed by atoms with Crippen LogP contribution in [0.4, 0.5) is 13.2 Å². The third-order valence-corrected chi connectivity index (χ3v) is 3.98. The summed E-state index contributed by atoms with van der Waals surface area (Å²) in [6.45, 7) is 0.0357. The number of sulfonamides is 1. The fourth-order valence-electron chi connectivity index (χ4n) is 1.19. The Morgan fingerprint density at radius 1 is 1.37 bits per heavy atom. The molecule has 0 amide bonds. The maximum atomic E-state index is 11.8. The molecule has 1 heterocycles. The summed E-state index contributed by atoms with van der Waals surface area (Å²) in [5.74, 6) is 0.0276. The van der Waals surface area contributed by atoms with Gasteiger partial charge in [0, 0.05) is 12.3 Å². The number of halogens is 3. The van der Waals surface area contributed by atoms with Crippen LogP contribution in [0, 0.1) is 0 Å². The van der Waals surface area contributed by atoms with E-state index < -0.39 is 21.3 Å². The highest BCUT2D eigenvalue weighted by molar-refractivity contribution is 8.00. The van der Waals surface area contributed by atoms with Gasteiger partial charge in [-0.1, -0.05) is 0 Å². The smallest absolute Gasteiger partial charge is 0.441 e. The monoisotopic (exact) mass is 318 g/mol. The highest BCUT2D eigenvalue weighted by atomic mass is 32.2. The van der Waals surface area contributed by atoms with E-state index in [4.69, 9.17) is 4.42 Å². The Morgan fingerprint density at radius 2 is 2.05 bits per heavy atom. The van der Waals surface area contributed by atoms with Crippen LogP contribution in [-0.2, 0) is 16.6 Å². The molecule has 10 heteroatoms. The van der Waals surface area contributed by atoms with Crippen molar-refractivity contribution in [1.29, 1.82) is 0 Å². The van der Waals surface area contributed by atoms with Gasteiger partial charge in [0.2, 0.25) is 5.09 Å². The first-order valence-corrected chi connectivity index (χ1v) is 7.65. The quantitative estimate of drug-likeness (QED) is 0.746. The van der Waals surface area contributed by atoms with Gasteiger partial charge < -0.3 is 9.73 Å². The lowest BCUT2D eigenvalue weighted by Gasteiger charge is -2.06. The number of thioether (sulfide) groups is 1. The minimum Gasteiger partial charge on any atom is -0.447 e. The number of rotatable bonds is 7. The second-order valence-corrected chi connectivity index (χ2v) is 6.30. The van der Waals surface area contributed by atoms with Crippen LogP contribution in [0.25, 0.3) is 0 Å². The molecule has 0 fully saturated rings. The molecular weight excluding hydrogens is 305 g/mol. The van der Waals surface area contributed by atoms with Crippen molar-refractivity contribution in [3.8, 4) is 0 Å². The highest BCUT2D eigenvalue weighted by Crippen LogP contribution is 2.29. The maximum Gasteiger partial charge on any atom is 0.441 e. The Morgan fingerprint density at radius 3 is 2.63 bits per heavy atom. The summed E-state index contributed by atoms with van der Waals surface area (Å²) in [6.07, 6.45) is 0. The summed E-state index contributed by atoms with van der Waals surface area (Å²) < 4.78 is 65.9. The van der Waals surface area contributed by atoms with E-state index in [1.807, 2.05) is 4.72 Å². The second kappa shape index (κ2) is 6.64. The molecule has 0 aliphatic heterocycles. The van der Waals surface area contributed by atoms with Crippen LogP contribution in [0.5, 0.6) is 0 Å². The molecule has 0 spiro atoms. The van der Waals surface area contributed by atoms with E-state index >= 15 is 0 Å². The number of hydrogen-bond acceptors (Lipinski definition) is 5. The zero-order chi connectivity index (χ0) is 14.5. The fraction of sp³-hybridized carbons (Fsp3) is 0.556. The number of furan rings is 1. The molecule has 0 radical (unpaired) electrons. The molecular formula is C9H13F3N2O3S2. The maximum absolute atomic E-state index is 11.8. The van der Waals surface area contributed by atoms with Gasteiger partial charge >= 0.3 is 5.51 Å². The van der Waals surface area contributed by atoms with Crippen LogP contribution < -0.4 is 10.0 Å². The first-order chi connectivity index (χ1) is 8.74. The zero-order valence-electron chi connectivity index (χ0n) is 9.95. The number of nitrogens with one attached hydrogen (secondary N) is 2. The summed E-state index contributed by atoms with van der Waals surface area (Å²) in [6, 6.07) is 2.74. The lowest BCUT2D eigenvalue weighted by molar-refractivity contribution is -0.0327. The molecule has 0 saturated heterocycles. The lowest BCUT2D eigenvalue weighted by Crippen LogP contribution is -2.26. The largest absolute Gasteiger partial charge is 0.447 e. The van der Waals surface area contributed by atoms with Gasteiger partial charge in [-0.15, -0.1) is 0 Å². The highest BCUT2D eigenvalue weighted by Gasteiger charge is 2.28. The standard InChI is InChI=1S/C9H13F3N2O3S2/c1-13-6-7-2-3-8(17-7)19(15,16)14-4-5-18-9(10,11)12/h2-3,13-14H,4-6H2,1H3.